The zero-order chi connectivity index (χ0) is 25.7. The summed E-state index contributed by atoms with van der Waals surface area (Å²) in [6.07, 6.45) is 2.07. The molecule has 2 unspecified atom stereocenters. The van der Waals surface area contributed by atoms with Crippen LogP contribution in [0.2, 0.25) is 10.0 Å². The molecule has 6 N–H and O–H groups in total. The highest BCUT2D eigenvalue weighted by Crippen LogP contribution is 2.27. The number of carbonyl (C=O) groups is 2. The van der Waals surface area contributed by atoms with E-state index in [1.54, 1.807) is 18.2 Å². The number of hydrogen-bond donors (Lipinski definition) is 5. The Morgan fingerprint density at radius 1 is 1.08 bits per heavy atom. The number of piperidine rings is 1. The molecule has 2 aromatic carbocycles. The van der Waals surface area contributed by atoms with Gasteiger partial charge in [0.05, 0.1) is 33.5 Å². The van der Waals surface area contributed by atoms with Crippen molar-refractivity contribution in [3.63, 3.8) is 0 Å². The van der Waals surface area contributed by atoms with Crippen LogP contribution in [0.15, 0.2) is 54.7 Å². The molecule has 0 spiro atoms. The number of carbonyl (C=O) groups excluding carboxylic acids is 2. The topological polar surface area (TPSA) is 134 Å². The summed E-state index contributed by atoms with van der Waals surface area (Å²) in [6.45, 7) is 1.59. The van der Waals surface area contributed by atoms with Gasteiger partial charge in [0.2, 0.25) is 0 Å². The van der Waals surface area contributed by atoms with Crippen LogP contribution in [0.1, 0.15) is 45.5 Å². The summed E-state index contributed by atoms with van der Waals surface area (Å²) in [6, 6.07) is 13.5. The van der Waals surface area contributed by atoms with Gasteiger partial charge in [0, 0.05) is 6.04 Å². The van der Waals surface area contributed by atoms with Crippen molar-refractivity contribution in [3.05, 3.63) is 81.6 Å². The van der Waals surface area contributed by atoms with Crippen LogP contribution in [0, 0.1) is 0 Å². The first-order chi connectivity index (χ1) is 17.3. The maximum absolute atomic E-state index is 13.2. The van der Waals surface area contributed by atoms with Crippen LogP contribution in [0.4, 0.5) is 5.69 Å². The zero-order valence-corrected chi connectivity index (χ0v) is 21.0. The SMILES string of the molecule is NC(Cc1ccccc1)C(O)n1cc(NC(=O)c2c(Cl)cccc2Cl)c(C(=O)NC2CCNCC2)n1. The van der Waals surface area contributed by atoms with Crippen LogP contribution in [-0.2, 0) is 6.42 Å². The van der Waals surface area contributed by atoms with Crippen LogP contribution in [-0.4, -0.2) is 51.9 Å². The lowest BCUT2D eigenvalue weighted by atomic mass is 10.1. The van der Waals surface area contributed by atoms with E-state index >= 15 is 0 Å². The number of aliphatic hydroxyl groups excluding tert-OH is 1. The summed E-state index contributed by atoms with van der Waals surface area (Å²) in [4.78, 5) is 26.2. The molecule has 2 heterocycles. The second kappa shape index (κ2) is 11.9. The summed E-state index contributed by atoms with van der Waals surface area (Å²) < 4.78 is 1.19. The van der Waals surface area contributed by atoms with Crippen molar-refractivity contribution >= 4 is 40.7 Å². The first kappa shape index (κ1) is 26.1. The van der Waals surface area contributed by atoms with Crippen LogP contribution in [0.3, 0.4) is 0 Å². The Morgan fingerprint density at radius 2 is 1.75 bits per heavy atom. The average molecular weight is 531 g/mol. The van der Waals surface area contributed by atoms with Gasteiger partial charge in [-0.05, 0) is 50.0 Å². The summed E-state index contributed by atoms with van der Waals surface area (Å²) >= 11 is 12.4. The van der Waals surface area contributed by atoms with Crippen molar-refractivity contribution in [2.24, 2.45) is 5.73 Å². The first-order valence-corrected chi connectivity index (χ1v) is 12.4. The third-order valence-corrected chi connectivity index (χ3v) is 6.66. The fourth-order valence-corrected chi connectivity index (χ4v) is 4.66. The maximum Gasteiger partial charge on any atom is 0.274 e. The van der Waals surface area contributed by atoms with E-state index in [1.165, 1.54) is 10.9 Å². The van der Waals surface area contributed by atoms with E-state index in [4.69, 9.17) is 28.9 Å². The Labute approximate surface area is 219 Å². The number of halogens is 2. The van der Waals surface area contributed by atoms with Gasteiger partial charge in [-0.15, -0.1) is 0 Å². The number of hydrogen-bond acceptors (Lipinski definition) is 6. The lowest BCUT2D eigenvalue weighted by Crippen LogP contribution is -2.43. The van der Waals surface area contributed by atoms with E-state index in [9.17, 15) is 14.7 Å². The smallest absolute Gasteiger partial charge is 0.274 e. The molecule has 2 atom stereocenters. The van der Waals surface area contributed by atoms with Gasteiger partial charge in [-0.3, -0.25) is 9.59 Å². The minimum atomic E-state index is -1.25. The molecule has 4 rings (SSSR count). The van der Waals surface area contributed by atoms with Gasteiger partial charge in [0.15, 0.2) is 11.9 Å². The monoisotopic (exact) mass is 530 g/mol. The van der Waals surface area contributed by atoms with Gasteiger partial charge in [-0.1, -0.05) is 59.6 Å². The van der Waals surface area contributed by atoms with Crippen molar-refractivity contribution in [2.45, 2.75) is 37.6 Å². The number of benzene rings is 2. The lowest BCUT2D eigenvalue weighted by molar-refractivity contribution is 0.0626. The summed E-state index contributed by atoms with van der Waals surface area (Å²) in [5.74, 6) is -1.07. The molecule has 1 saturated heterocycles. The quantitative estimate of drug-likeness (QED) is 0.304. The molecule has 1 aromatic heterocycles. The van der Waals surface area contributed by atoms with Gasteiger partial charge in [-0.2, -0.15) is 5.10 Å². The number of amides is 2. The second-order valence-corrected chi connectivity index (χ2v) is 9.50. The lowest BCUT2D eigenvalue weighted by Gasteiger charge is -2.23. The molecule has 9 nitrogen and oxygen atoms in total. The largest absolute Gasteiger partial charge is 0.370 e. The highest BCUT2D eigenvalue weighted by Gasteiger charge is 2.27. The molecule has 1 aliphatic heterocycles. The molecule has 190 valence electrons. The number of nitrogens with zero attached hydrogens (tertiary/aromatic N) is 2. The molecular weight excluding hydrogens is 503 g/mol. The van der Waals surface area contributed by atoms with Gasteiger partial charge in [-0.25, -0.2) is 4.68 Å². The maximum atomic E-state index is 13.2. The molecule has 0 saturated carbocycles. The third kappa shape index (κ3) is 6.24. The predicted octanol–water partition coefficient (Wildman–Crippen LogP) is 2.98. The van der Waals surface area contributed by atoms with E-state index in [-0.39, 0.29) is 33.0 Å². The highest BCUT2D eigenvalue weighted by atomic mass is 35.5. The summed E-state index contributed by atoms with van der Waals surface area (Å²) in [5.41, 5.74) is 7.33. The van der Waals surface area contributed by atoms with Crippen molar-refractivity contribution in [1.82, 2.24) is 20.4 Å². The van der Waals surface area contributed by atoms with Crippen LogP contribution >= 0.6 is 23.2 Å². The number of rotatable bonds is 8. The molecule has 0 bridgehead atoms. The standard InChI is InChI=1S/C25H28Cl2N6O3/c26-17-7-4-8-18(27)21(17)23(34)31-20-14-33(25(36)19(28)13-15-5-2-1-3-6-15)32-22(20)24(35)30-16-9-11-29-12-10-16/h1-8,14,16,19,25,29,36H,9-13,28H2,(H,30,35)(H,31,34). The summed E-state index contributed by atoms with van der Waals surface area (Å²) in [5, 5.41) is 24.4. The number of anilines is 1. The van der Waals surface area contributed by atoms with E-state index in [0.717, 1.165) is 31.5 Å². The van der Waals surface area contributed by atoms with Crippen LogP contribution in [0.25, 0.3) is 0 Å². The highest BCUT2D eigenvalue weighted by molar-refractivity contribution is 6.40. The molecule has 11 heteroatoms. The fraction of sp³-hybridized carbons (Fsp3) is 0.320. The predicted molar refractivity (Wildman–Crippen MR) is 139 cm³/mol. The van der Waals surface area contributed by atoms with Crippen molar-refractivity contribution in [3.8, 4) is 0 Å². The fourth-order valence-electron chi connectivity index (χ4n) is 4.09. The molecular formula is C25H28Cl2N6O3. The molecule has 3 aromatic rings. The Bertz CT molecular complexity index is 1190. The van der Waals surface area contributed by atoms with E-state index in [2.05, 4.69) is 21.0 Å². The minimum Gasteiger partial charge on any atom is -0.370 e. The van der Waals surface area contributed by atoms with E-state index in [1.807, 2.05) is 30.3 Å². The number of aromatic nitrogens is 2. The van der Waals surface area contributed by atoms with Crippen molar-refractivity contribution in [2.75, 3.05) is 18.4 Å². The van der Waals surface area contributed by atoms with E-state index in [0.29, 0.717) is 6.42 Å². The number of nitrogens with one attached hydrogen (secondary N) is 3. The Morgan fingerprint density at radius 3 is 2.42 bits per heavy atom. The Kier molecular flexibility index (Phi) is 8.60. The zero-order valence-electron chi connectivity index (χ0n) is 19.5. The van der Waals surface area contributed by atoms with Crippen molar-refractivity contribution in [1.29, 1.82) is 0 Å². The Hall–Kier alpha value is -2.95. The molecule has 2 amide bonds. The molecule has 0 aliphatic carbocycles. The minimum absolute atomic E-state index is 0.0317. The van der Waals surface area contributed by atoms with E-state index < -0.39 is 24.1 Å². The van der Waals surface area contributed by atoms with Gasteiger partial charge in [0.1, 0.15) is 0 Å². The molecule has 36 heavy (non-hydrogen) atoms. The summed E-state index contributed by atoms with van der Waals surface area (Å²) in [7, 11) is 0. The average Bonchev–Trinajstić information content (AvgIpc) is 3.28. The molecule has 1 aliphatic rings. The van der Waals surface area contributed by atoms with Gasteiger partial charge in [0.25, 0.3) is 11.8 Å². The number of aliphatic hydroxyl groups is 1. The second-order valence-electron chi connectivity index (χ2n) is 8.69. The molecule has 0 radical (unpaired) electrons. The first-order valence-electron chi connectivity index (χ1n) is 11.7. The van der Waals surface area contributed by atoms with Crippen LogP contribution < -0.4 is 21.7 Å². The molecule has 1 fully saturated rings. The third-order valence-electron chi connectivity index (χ3n) is 6.03. The normalized spacial score (nSPS) is 15.8. The van der Waals surface area contributed by atoms with Crippen molar-refractivity contribution < 1.29 is 14.7 Å². The van der Waals surface area contributed by atoms with Gasteiger partial charge >= 0.3 is 0 Å². The van der Waals surface area contributed by atoms with Crippen LogP contribution in [0.5, 0.6) is 0 Å². The number of nitrogens with two attached hydrogens (primary N) is 1. The van der Waals surface area contributed by atoms with Gasteiger partial charge < -0.3 is 26.8 Å². The Balaban J connectivity index is 1.60.